The van der Waals surface area contributed by atoms with Crippen LogP contribution in [0, 0.1) is 0 Å². The number of carbonyl (C=O) groups excluding carboxylic acids is 1. The van der Waals surface area contributed by atoms with E-state index in [0.29, 0.717) is 5.56 Å². The van der Waals surface area contributed by atoms with Crippen molar-refractivity contribution in [2.75, 3.05) is 6.54 Å². The Morgan fingerprint density at radius 2 is 1.90 bits per heavy atom. The number of aryl methyl sites for hydroxylation is 2. The third kappa shape index (κ3) is 3.57. The lowest BCUT2D eigenvalue weighted by Crippen LogP contribution is -2.30. The summed E-state index contributed by atoms with van der Waals surface area (Å²) in [5, 5.41) is 20.3. The highest BCUT2D eigenvalue weighted by Crippen LogP contribution is 2.22. The molecule has 20 heavy (non-hydrogen) atoms. The second-order valence-electron chi connectivity index (χ2n) is 5.09. The number of rotatable bonds is 5. The Kier molecular flexibility index (Phi) is 4.74. The highest BCUT2D eigenvalue weighted by Gasteiger charge is 2.15. The van der Waals surface area contributed by atoms with E-state index in [2.05, 4.69) is 5.32 Å². The maximum atomic E-state index is 11.9. The monoisotopic (exact) mass is 277 g/mol. The van der Waals surface area contributed by atoms with Crippen molar-refractivity contribution in [3.63, 3.8) is 0 Å². The van der Waals surface area contributed by atoms with Gasteiger partial charge in [0, 0.05) is 18.5 Å². The Hall–Kier alpha value is -1.88. The summed E-state index contributed by atoms with van der Waals surface area (Å²) in [4.78, 5) is 22.4. The van der Waals surface area contributed by atoms with Crippen LogP contribution in [0.4, 0.5) is 0 Å². The van der Waals surface area contributed by atoms with Gasteiger partial charge in [0.25, 0.3) is 5.91 Å². The first-order valence-electron chi connectivity index (χ1n) is 6.89. The number of nitrogens with one attached hydrogen (secondary N) is 1. The molecule has 5 nitrogen and oxygen atoms in total. The number of amides is 1. The second-order valence-corrected chi connectivity index (χ2v) is 5.09. The molecule has 3 N–H and O–H groups in total. The maximum absolute atomic E-state index is 11.9. The van der Waals surface area contributed by atoms with Gasteiger partial charge in [-0.15, -0.1) is 0 Å². The largest absolute Gasteiger partial charge is 0.479 e. The number of hydrogen-bond acceptors (Lipinski definition) is 3. The van der Waals surface area contributed by atoms with Gasteiger partial charge in [-0.25, -0.2) is 4.79 Å². The summed E-state index contributed by atoms with van der Waals surface area (Å²) in [7, 11) is 0. The molecule has 1 aliphatic carbocycles. The van der Waals surface area contributed by atoms with Crippen molar-refractivity contribution in [3.8, 4) is 0 Å². The number of carboxylic acids is 1. The number of aliphatic hydroxyl groups is 1. The van der Waals surface area contributed by atoms with Crippen molar-refractivity contribution in [2.24, 2.45) is 0 Å². The SMILES string of the molecule is O=C(NCC[C@H](O)C(=O)O)c1ccc2c(c1)CCCC2. The van der Waals surface area contributed by atoms with Gasteiger partial charge in [-0.1, -0.05) is 6.07 Å². The number of carboxylic acid groups (broad SMARTS) is 1. The van der Waals surface area contributed by atoms with Crippen molar-refractivity contribution in [2.45, 2.75) is 38.2 Å². The zero-order chi connectivity index (χ0) is 14.5. The minimum absolute atomic E-state index is 0.00597. The predicted octanol–water partition coefficient (Wildman–Crippen LogP) is 1.13. The van der Waals surface area contributed by atoms with Crippen molar-refractivity contribution < 1.29 is 19.8 Å². The molecule has 0 saturated carbocycles. The third-order valence-electron chi connectivity index (χ3n) is 3.60. The lowest BCUT2D eigenvalue weighted by atomic mass is 9.90. The van der Waals surface area contributed by atoms with Crippen LogP contribution < -0.4 is 5.32 Å². The summed E-state index contributed by atoms with van der Waals surface area (Å²) in [6.07, 6.45) is 3.01. The molecule has 0 unspecified atom stereocenters. The average Bonchev–Trinajstić information content (AvgIpc) is 2.46. The van der Waals surface area contributed by atoms with E-state index >= 15 is 0 Å². The molecule has 108 valence electrons. The van der Waals surface area contributed by atoms with E-state index in [9.17, 15) is 9.59 Å². The third-order valence-corrected chi connectivity index (χ3v) is 3.60. The minimum Gasteiger partial charge on any atom is -0.479 e. The van der Waals surface area contributed by atoms with E-state index in [-0.39, 0.29) is 18.9 Å². The number of benzene rings is 1. The molecule has 0 fully saturated rings. The fourth-order valence-electron chi connectivity index (χ4n) is 2.42. The topological polar surface area (TPSA) is 86.6 Å². The molecule has 0 radical (unpaired) electrons. The Labute approximate surface area is 117 Å². The smallest absolute Gasteiger partial charge is 0.332 e. The Balaban J connectivity index is 1.91. The molecule has 1 aliphatic rings. The summed E-state index contributed by atoms with van der Waals surface area (Å²) in [5.41, 5.74) is 3.14. The van der Waals surface area contributed by atoms with E-state index < -0.39 is 12.1 Å². The predicted molar refractivity (Wildman–Crippen MR) is 73.7 cm³/mol. The molecule has 0 spiro atoms. The van der Waals surface area contributed by atoms with Gasteiger partial charge in [-0.05, 0) is 48.9 Å². The second kappa shape index (κ2) is 6.52. The molecular formula is C15H19NO4. The van der Waals surface area contributed by atoms with Crippen molar-refractivity contribution >= 4 is 11.9 Å². The molecular weight excluding hydrogens is 258 g/mol. The van der Waals surface area contributed by atoms with E-state index in [0.717, 1.165) is 19.3 Å². The molecule has 1 amide bonds. The van der Waals surface area contributed by atoms with Crippen LogP contribution >= 0.6 is 0 Å². The number of aliphatic hydroxyl groups excluding tert-OH is 1. The highest BCUT2D eigenvalue weighted by atomic mass is 16.4. The lowest BCUT2D eigenvalue weighted by Gasteiger charge is -2.16. The zero-order valence-electron chi connectivity index (χ0n) is 11.3. The van der Waals surface area contributed by atoms with Gasteiger partial charge < -0.3 is 15.5 Å². The molecule has 0 heterocycles. The fourth-order valence-corrected chi connectivity index (χ4v) is 2.42. The van der Waals surface area contributed by atoms with Gasteiger partial charge in [0.1, 0.15) is 0 Å². The summed E-state index contributed by atoms with van der Waals surface area (Å²) >= 11 is 0. The fraction of sp³-hybridized carbons (Fsp3) is 0.467. The lowest BCUT2D eigenvalue weighted by molar-refractivity contribution is -0.146. The van der Waals surface area contributed by atoms with Gasteiger partial charge >= 0.3 is 5.97 Å². The minimum atomic E-state index is -1.43. The van der Waals surface area contributed by atoms with Crippen LogP contribution in [-0.2, 0) is 17.6 Å². The standard InChI is InChI=1S/C15H19NO4/c17-13(15(19)20)7-8-16-14(18)12-6-5-10-3-1-2-4-11(10)9-12/h5-6,9,13,17H,1-4,7-8H2,(H,16,18)(H,19,20)/t13-/m0/s1. The van der Waals surface area contributed by atoms with Crippen molar-refractivity contribution in [3.05, 3.63) is 34.9 Å². The normalized spacial score (nSPS) is 15.2. The highest BCUT2D eigenvalue weighted by molar-refractivity contribution is 5.94. The number of aliphatic carboxylic acids is 1. The first-order valence-corrected chi connectivity index (χ1v) is 6.89. The van der Waals surface area contributed by atoms with E-state index in [1.54, 1.807) is 6.07 Å². The molecule has 1 aromatic carbocycles. The molecule has 0 bridgehead atoms. The number of fused-ring (bicyclic) bond motifs is 1. The average molecular weight is 277 g/mol. The van der Waals surface area contributed by atoms with Crippen LogP contribution in [0.5, 0.6) is 0 Å². The Bertz CT molecular complexity index is 513. The summed E-state index contributed by atoms with van der Waals surface area (Å²) in [6, 6.07) is 5.71. The summed E-state index contributed by atoms with van der Waals surface area (Å²) < 4.78 is 0. The molecule has 1 atom stereocenters. The molecule has 1 aromatic rings. The van der Waals surface area contributed by atoms with Gasteiger partial charge in [0.2, 0.25) is 0 Å². The quantitative estimate of drug-likeness (QED) is 0.753. The maximum Gasteiger partial charge on any atom is 0.332 e. The van der Waals surface area contributed by atoms with Crippen molar-refractivity contribution in [1.29, 1.82) is 0 Å². The summed E-state index contributed by atoms with van der Waals surface area (Å²) in [6.45, 7) is 0.142. The molecule has 2 rings (SSSR count). The Morgan fingerprint density at radius 1 is 1.20 bits per heavy atom. The molecule has 0 saturated heterocycles. The van der Waals surface area contributed by atoms with Gasteiger partial charge in [-0.3, -0.25) is 4.79 Å². The van der Waals surface area contributed by atoms with Gasteiger partial charge in [0.15, 0.2) is 6.10 Å². The number of carbonyl (C=O) groups is 2. The zero-order valence-corrected chi connectivity index (χ0v) is 11.3. The molecule has 0 aliphatic heterocycles. The first-order chi connectivity index (χ1) is 9.58. The molecule has 0 aromatic heterocycles. The van der Waals surface area contributed by atoms with Crippen LogP contribution in [0.3, 0.4) is 0 Å². The first kappa shape index (κ1) is 14.5. The van der Waals surface area contributed by atoms with Gasteiger partial charge in [-0.2, -0.15) is 0 Å². The van der Waals surface area contributed by atoms with E-state index in [4.69, 9.17) is 10.2 Å². The van der Waals surface area contributed by atoms with E-state index in [1.807, 2.05) is 12.1 Å². The summed E-state index contributed by atoms with van der Waals surface area (Å²) in [5.74, 6) is -1.50. The van der Waals surface area contributed by atoms with E-state index in [1.165, 1.54) is 17.5 Å². The van der Waals surface area contributed by atoms with Crippen LogP contribution in [0.1, 0.15) is 40.7 Å². The Morgan fingerprint density at radius 3 is 2.60 bits per heavy atom. The van der Waals surface area contributed by atoms with Crippen LogP contribution in [0.2, 0.25) is 0 Å². The van der Waals surface area contributed by atoms with Crippen LogP contribution in [-0.4, -0.2) is 34.7 Å². The molecule has 5 heteroatoms. The van der Waals surface area contributed by atoms with Crippen LogP contribution in [0.15, 0.2) is 18.2 Å². The van der Waals surface area contributed by atoms with Crippen molar-refractivity contribution in [1.82, 2.24) is 5.32 Å². The number of hydrogen-bond donors (Lipinski definition) is 3. The van der Waals surface area contributed by atoms with Gasteiger partial charge in [0.05, 0.1) is 0 Å². The van der Waals surface area contributed by atoms with Crippen LogP contribution in [0.25, 0.3) is 0 Å².